The van der Waals surface area contributed by atoms with E-state index in [9.17, 15) is 19.5 Å². The standard InChI is InChI=1S/C18H26N4O5/c1-4-27-16(26)13-14(24)15(25)20(3)17(19-13)21-8-5-18(6-9-21)7-10-22(11-18)12(2)23/h24H,4-11H2,1-3H3. The highest BCUT2D eigenvalue weighted by molar-refractivity contribution is 5.90. The van der Waals surface area contributed by atoms with Gasteiger partial charge in [-0.2, -0.15) is 0 Å². The number of hydrogen-bond donors (Lipinski definition) is 1. The second-order valence-corrected chi connectivity index (χ2v) is 7.37. The van der Waals surface area contributed by atoms with E-state index in [-0.39, 0.29) is 23.6 Å². The number of aromatic hydroxyl groups is 1. The van der Waals surface area contributed by atoms with Crippen molar-refractivity contribution in [3.05, 3.63) is 16.0 Å². The Morgan fingerprint density at radius 3 is 2.41 bits per heavy atom. The van der Waals surface area contributed by atoms with Crippen LogP contribution in [0.15, 0.2) is 4.79 Å². The van der Waals surface area contributed by atoms with Gasteiger partial charge in [-0.1, -0.05) is 0 Å². The van der Waals surface area contributed by atoms with Crippen molar-refractivity contribution in [3.63, 3.8) is 0 Å². The quantitative estimate of drug-likeness (QED) is 0.764. The van der Waals surface area contributed by atoms with Crippen LogP contribution in [-0.4, -0.2) is 64.2 Å². The number of likely N-dealkylation sites (tertiary alicyclic amines) is 1. The molecule has 1 N–H and O–H groups in total. The molecule has 0 bridgehead atoms. The van der Waals surface area contributed by atoms with Gasteiger partial charge in [0.2, 0.25) is 17.6 Å². The molecule has 1 amide bonds. The maximum atomic E-state index is 12.3. The van der Waals surface area contributed by atoms with Gasteiger partial charge in [0, 0.05) is 40.2 Å². The number of ether oxygens (including phenoxy) is 1. The maximum absolute atomic E-state index is 12.3. The fourth-order valence-electron chi connectivity index (χ4n) is 4.00. The second kappa shape index (κ2) is 7.21. The summed E-state index contributed by atoms with van der Waals surface area (Å²) in [5.41, 5.74) is -0.909. The fourth-order valence-corrected chi connectivity index (χ4v) is 4.00. The molecular formula is C18H26N4O5. The van der Waals surface area contributed by atoms with Gasteiger partial charge in [0.25, 0.3) is 5.56 Å². The van der Waals surface area contributed by atoms with E-state index in [2.05, 4.69) is 4.98 Å². The zero-order valence-electron chi connectivity index (χ0n) is 16.0. The summed E-state index contributed by atoms with van der Waals surface area (Å²) in [6.07, 6.45) is 2.74. The molecule has 0 aliphatic carbocycles. The Morgan fingerprint density at radius 2 is 1.85 bits per heavy atom. The van der Waals surface area contributed by atoms with Gasteiger partial charge in [0.1, 0.15) is 0 Å². The zero-order valence-corrected chi connectivity index (χ0v) is 16.0. The van der Waals surface area contributed by atoms with Crippen LogP contribution < -0.4 is 10.5 Å². The summed E-state index contributed by atoms with van der Waals surface area (Å²) in [5, 5.41) is 9.99. The third kappa shape index (κ3) is 3.50. The zero-order chi connectivity index (χ0) is 19.8. The van der Waals surface area contributed by atoms with Gasteiger partial charge in [-0.25, -0.2) is 9.78 Å². The third-order valence-corrected chi connectivity index (χ3v) is 5.70. The lowest BCUT2D eigenvalue weighted by Gasteiger charge is -2.40. The first-order chi connectivity index (χ1) is 12.8. The Kier molecular flexibility index (Phi) is 5.12. The minimum absolute atomic E-state index is 0.107. The van der Waals surface area contributed by atoms with Crippen molar-refractivity contribution in [2.75, 3.05) is 37.7 Å². The SMILES string of the molecule is CCOC(=O)c1nc(N2CCC3(CCN(C(C)=O)C3)CC2)n(C)c(=O)c1O. The molecule has 2 aliphatic heterocycles. The summed E-state index contributed by atoms with van der Waals surface area (Å²) in [7, 11) is 1.52. The molecule has 2 saturated heterocycles. The summed E-state index contributed by atoms with van der Waals surface area (Å²) in [6.45, 7) is 6.26. The highest BCUT2D eigenvalue weighted by Gasteiger charge is 2.42. The van der Waals surface area contributed by atoms with Gasteiger partial charge in [-0.15, -0.1) is 0 Å². The van der Waals surface area contributed by atoms with Crippen molar-refractivity contribution in [3.8, 4) is 5.75 Å². The van der Waals surface area contributed by atoms with Crippen molar-refractivity contribution in [1.29, 1.82) is 0 Å². The highest BCUT2D eigenvalue weighted by atomic mass is 16.5. The minimum atomic E-state index is -0.810. The van der Waals surface area contributed by atoms with Crippen LogP contribution in [0.2, 0.25) is 0 Å². The first kappa shape index (κ1) is 19.2. The van der Waals surface area contributed by atoms with E-state index in [0.29, 0.717) is 19.0 Å². The molecule has 1 spiro atoms. The summed E-state index contributed by atoms with van der Waals surface area (Å²) >= 11 is 0. The molecule has 0 atom stereocenters. The van der Waals surface area contributed by atoms with Gasteiger partial charge in [0.15, 0.2) is 5.69 Å². The number of rotatable bonds is 3. The van der Waals surface area contributed by atoms with E-state index in [1.165, 1.54) is 11.6 Å². The molecule has 2 fully saturated rings. The van der Waals surface area contributed by atoms with Crippen LogP contribution in [0.4, 0.5) is 5.95 Å². The van der Waals surface area contributed by atoms with Crippen LogP contribution in [-0.2, 0) is 16.6 Å². The molecule has 3 heterocycles. The number of carbonyl (C=O) groups excluding carboxylic acids is 2. The molecule has 0 radical (unpaired) electrons. The summed E-state index contributed by atoms with van der Waals surface area (Å²) < 4.78 is 6.15. The number of nitrogens with zero attached hydrogens (tertiary/aromatic N) is 4. The number of carbonyl (C=O) groups is 2. The second-order valence-electron chi connectivity index (χ2n) is 7.37. The molecule has 2 aliphatic rings. The van der Waals surface area contributed by atoms with E-state index in [0.717, 1.165) is 32.4 Å². The lowest BCUT2D eigenvalue weighted by molar-refractivity contribution is -0.128. The Morgan fingerprint density at radius 1 is 1.22 bits per heavy atom. The molecule has 9 heteroatoms. The van der Waals surface area contributed by atoms with Crippen LogP contribution in [0.25, 0.3) is 0 Å². The lowest BCUT2D eigenvalue weighted by atomic mass is 9.78. The number of anilines is 1. The van der Waals surface area contributed by atoms with Crippen molar-refractivity contribution >= 4 is 17.8 Å². The first-order valence-electron chi connectivity index (χ1n) is 9.25. The number of piperidine rings is 1. The highest BCUT2D eigenvalue weighted by Crippen LogP contribution is 2.41. The molecule has 1 aromatic heterocycles. The monoisotopic (exact) mass is 378 g/mol. The van der Waals surface area contributed by atoms with Crippen molar-refractivity contribution in [2.24, 2.45) is 12.5 Å². The van der Waals surface area contributed by atoms with Gasteiger partial charge in [-0.05, 0) is 31.6 Å². The lowest BCUT2D eigenvalue weighted by Crippen LogP contribution is -2.44. The van der Waals surface area contributed by atoms with Crippen molar-refractivity contribution < 1.29 is 19.4 Å². The average Bonchev–Trinajstić information content (AvgIpc) is 3.05. The van der Waals surface area contributed by atoms with Crippen LogP contribution in [0, 0.1) is 5.41 Å². The van der Waals surface area contributed by atoms with E-state index in [1.807, 2.05) is 9.80 Å². The fraction of sp³-hybridized carbons (Fsp3) is 0.667. The van der Waals surface area contributed by atoms with Gasteiger partial charge < -0.3 is 19.6 Å². The molecule has 0 saturated carbocycles. The van der Waals surface area contributed by atoms with Crippen molar-refractivity contribution in [2.45, 2.75) is 33.1 Å². The summed E-state index contributed by atoms with van der Waals surface area (Å²) in [4.78, 5) is 44.0. The molecular weight excluding hydrogens is 352 g/mol. The van der Waals surface area contributed by atoms with Gasteiger partial charge in [0.05, 0.1) is 6.61 Å². The Labute approximate surface area is 157 Å². The third-order valence-electron chi connectivity index (χ3n) is 5.70. The number of aromatic nitrogens is 2. The Balaban J connectivity index is 1.81. The molecule has 0 aromatic carbocycles. The smallest absolute Gasteiger partial charge is 0.361 e. The Hall–Kier alpha value is -2.58. The molecule has 27 heavy (non-hydrogen) atoms. The van der Waals surface area contributed by atoms with E-state index in [4.69, 9.17) is 4.74 Å². The number of hydrogen-bond acceptors (Lipinski definition) is 7. The number of esters is 1. The maximum Gasteiger partial charge on any atom is 0.361 e. The van der Waals surface area contributed by atoms with Crippen molar-refractivity contribution in [1.82, 2.24) is 14.5 Å². The molecule has 0 unspecified atom stereocenters. The molecule has 9 nitrogen and oxygen atoms in total. The van der Waals surface area contributed by atoms with E-state index in [1.54, 1.807) is 13.8 Å². The topological polar surface area (TPSA) is 105 Å². The molecule has 3 rings (SSSR count). The number of amides is 1. The summed E-state index contributed by atoms with van der Waals surface area (Å²) in [5.74, 6) is -1.05. The predicted molar refractivity (Wildman–Crippen MR) is 97.9 cm³/mol. The van der Waals surface area contributed by atoms with Crippen LogP contribution in [0.3, 0.4) is 0 Å². The van der Waals surface area contributed by atoms with E-state index >= 15 is 0 Å². The first-order valence-corrected chi connectivity index (χ1v) is 9.25. The van der Waals surface area contributed by atoms with Gasteiger partial charge in [-0.3, -0.25) is 14.2 Å². The molecule has 148 valence electrons. The predicted octanol–water partition coefficient (Wildman–Crippen LogP) is 0.501. The minimum Gasteiger partial charge on any atom is -0.501 e. The largest absolute Gasteiger partial charge is 0.501 e. The Bertz CT molecular complexity index is 811. The molecule has 1 aromatic rings. The van der Waals surface area contributed by atoms with E-state index < -0.39 is 17.3 Å². The van der Waals surface area contributed by atoms with Gasteiger partial charge >= 0.3 is 5.97 Å². The van der Waals surface area contributed by atoms with Crippen LogP contribution in [0.1, 0.15) is 43.6 Å². The summed E-state index contributed by atoms with van der Waals surface area (Å²) in [6, 6.07) is 0. The normalized spacial score (nSPS) is 18.8. The average molecular weight is 378 g/mol. The van der Waals surface area contributed by atoms with Crippen LogP contribution in [0.5, 0.6) is 5.75 Å². The van der Waals surface area contributed by atoms with Crippen LogP contribution >= 0.6 is 0 Å².